The van der Waals surface area contributed by atoms with Crippen LogP contribution in [0.4, 0.5) is 0 Å². The van der Waals surface area contributed by atoms with Gasteiger partial charge in [-0.1, -0.05) is 6.08 Å². The van der Waals surface area contributed by atoms with E-state index in [1.165, 1.54) is 0 Å². The Morgan fingerprint density at radius 3 is 2.96 bits per heavy atom. The zero-order valence-electron chi connectivity index (χ0n) is 13.8. The first-order valence-corrected chi connectivity index (χ1v) is 8.34. The number of hydrogen-bond donors (Lipinski definition) is 2. The lowest BCUT2D eigenvalue weighted by Crippen LogP contribution is -2.39. The molecule has 1 aromatic rings. The van der Waals surface area contributed by atoms with Crippen LogP contribution >= 0.6 is 0 Å². The summed E-state index contributed by atoms with van der Waals surface area (Å²) in [4.78, 5) is 7.05. The highest BCUT2D eigenvalue weighted by molar-refractivity contribution is 5.79. The Bertz CT molecular complexity index is 453. The second-order valence-corrected chi connectivity index (χ2v) is 5.46. The van der Waals surface area contributed by atoms with Crippen molar-refractivity contribution in [1.29, 1.82) is 0 Å². The predicted molar refractivity (Wildman–Crippen MR) is 92.8 cm³/mol. The number of furan rings is 1. The van der Waals surface area contributed by atoms with Gasteiger partial charge in [0, 0.05) is 45.7 Å². The van der Waals surface area contributed by atoms with E-state index in [4.69, 9.17) is 9.15 Å². The molecule has 0 atom stereocenters. The van der Waals surface area contributed by atoms with Gasteiger partial charge in [-0.3, -0.25) is 9.89 Å². The van der Waals surface area contributed by atoms with Crippen molar-refractivity contribution in [1.82, 2.24) is 15.5 Å². The standard InChI is InChI=1S/C17H28N4O2/c1-2-7-18-17(20-9-6-16-5-3-13-23-16)19-8-4-10-21-11-14-22-15-12-21/h2-3,5,13H,1,4,6-12,14-15H2,(H2,18,19,20). The maximum absolute atomic E-state index is 5.36. The molecule has 0 spiro atoms. The molecule has 2 N–H and O–H groups in total. The average molecular weight is 320 g/mol. The van der Waals surface area contributed by atoms with Crippen LogP contribution in [0.3, 0.4) is 0 Å². The summed E-state index contributed by atoms with van der Waals surface area (Å²) in [6.45, 7) is 10.9. The van der Waals surface area contributed by atoms with Gasteiger partial charge in [0.1, 0.15) is 5.76 Å². The number of nitrogens with one attached hydrogen (secondary N) is 2. The third-order valence-electron chi connectivity index (χ3n) is 3.66. The molecular formula is C17H28N4O2. The van der Waals surface area contributed by atoms with Gasteiger partial charge in [0.15, 0.2) is 5.96 Å². The van der Waals surface area contributed by atoms with Crippen molar-refractivity contribution in [3.63, 3.8) is 0 Å². The molecule has 2 heterocycles. The first-order chi connectivity index (χ1) is 11.4. The Morgan fingerprint density at radius 2 is 2.22 bits per heavy atom. The lowest BCUT2D eigenvalue weighted by molar-refractivity contribution is 0.0377. The highest BCUT2D eigenvalue weighted by Crippen LogP contribution is 2.00. The molecule has 0 amide bonds. The van der Waals surface area contributed by atoms with E-state index < -0.39 is 0 Å². The molecule has 1 aliphatic heterocycles. The minimum absolute atomic E-state index is 0.704. The van der Waals surface area contributed by atoms with Gasteiger partial charge in [-0.05, 0) is 18.6 Å². The van der Waals surface area contributed by atoms with Gasteiger partial charge in [0.05, 0.1) is 19.5 Å². The molecule has 1 aromatic heterocycles. The summed E-state index contributed by atoms with van der Waals surface area (Å²) in [5.74, 6) is 1.81. The van der Waals surface area contributed by atoms with Crippen LogP contribution in [0.1, 0.15) is 12.2 Å². The summed E-state index contributed by atoms with van der Waals surface area (Å²) in [5, 5.41) is 6.57. The Hall–Kier alpha value is -1.79. The van der Waals surface area contributed by atoms with E-state index in [1.807, 2.05) is 18.2 Å². The van der Waals surface area contributed by atoms with Crippen LogP contribution in [-0.4, -0.2) is 63.3 Å². The van der Waals surface area contributed by atoms with Gasteiger partial charge in [-0.2, -0.15) is 0 Å². The monoisotopic (exact) mass is 320 g/mol. The molecule has 23 heavy (non-hydrogen) atoms. The normalized spacial score (nSPS) is 16.3. The summed E-state index contributed by atoms with van der Waals surface area (Å²) in [5.41, 5.74) is 0. The fourth-order valence-electron chi connectivity index (χ4n) is 2.41. The zero-order chi connectivity index (χ0) is 16.2. The minimum atomic E-state index is 0.704. The van der Waals surface area contributed by atoms with E-state index in [0.717, 1.165) is 70.5 Å². The van der Waals surface area contributed by atoms with Crippen LogP contribution < -0.4 is 10.6 Å². The van der Waals surface area contributed by atoms with E-state index >= 15 is 0 Å². The van der Waals surface area contributed by atoms with Crippen molar-refractivity contribution in [2.24, 2.45) is 4.99 Å². The molecule has 0 aliphatic carbocycles. The number of nitrogens with zero attached hydrogens (tertiary/aromatic N) is 2. The summed E-state index contributed by atoms with van der Waals surface area (Å²) < 4.78 is 10.7. The van der Waals surface area contributed by atoms with Crippen molar-refractivity contribution in [2.45, 2.75) is 12.8 Å². The largest absolute Gasteiger partial charge is 0.469 e. The van der Waals surface area contributed by atoms with Gasteiger partial charge >= 0.3 is 0 Å². The van der Waals surface area contributed by atoms with Crippen LogP contribution in [0, 0.1) is 0 Å². The Balaban J connectivity index is 1.66. The fraction of sp³-hybridized carbons (Fsp3) is 0.588. The summed E-state index contributed by atoms with van der Waals surface area (Å²) in [7, 11) is 0. The molecule has 2 rings (SSSR count). The summed E-state index contributed by atoms with van der Waals surface area (Å²) in [6.07, 6.45) is 5.43. The van der Waals surface area contributed by atoms with Crippen molar-refractivity contribution >= 4 is 5.96 Å². The average Bonchev–Trinajstić information content (AvgIpc) is 3.10. The van der Waals surface area contributed by atoms with E-state index in [2.05, 4.69) is 27.1 Å². The van der Waals surface area contributed by atoms with Gasteiger partial charge in [0.2, 0.25) is 0 Å². The number of morpholine rings is 1. The van der Waals surface area contributed by atoms with E-state index in [-0.39, 0.29) is 0 Å². The van der Waals surface area contributed by atoms with Crippen molar-refractivity contribution in [2.75, 3.05) is 52.5 Å². The second kappa shape index (κ2) is 10.9. The van der Waals surface area contributed by atoms with Crippen molar-refractivity contribution in [3.8, 4) is 0 Å². The molecule has 0 bridgehead atoms. The quantitative estimate of drug-likeness (QED) is 0.310. The third-order valence-corrected chi connectivity index (χ3v) is 3.66. The molecule has 0 saturated carbocycles. The van der Waals surface area contributed by atoms with E-state index in [9.17, 15) is 0 Å². The van der Waals surface area contributed by atoms with Crippen LogP contribution in [-0.2, 0) is 11.2 Å². The van der Waals surface area contributed by atoms with Crippen LogP contribution in [0.15, 0.2) is 40.5 Å². The molecule has 0 radical (unpaired) electrons. The van der Waals surface area contributed by atoms with Gasteiger partial charge < -0.3 is 19.8 Å². The third kappa shape index (κ3) is 7.34. The van der Waals surface area contributed by atoms with Crippen LogP contribution in [0.5, 0.6) is 0 Å². The molecule has 6 heteroatoms. The first kappa shape index (κ1) is 17.6. The van der Waals surface area contributed by atoms with Crippen molar-refractivity contribution < 1.29 is 9.15 Å². The highest BCUT2D eigenvalue weighted by atomic mass is 16.5. The number of aliphatic imine (C=N–C) groups is 1. The van der Waals surface area contributed by atoms with Crippen molar-refractivity contribution in [3.05, 3.63) is 36.8 Å². The molecule has 128 valence electrons. The molecule has 0 unspecified atom stereocenters. The molecule has 6 nitrogen and oxygen atoms in total. The van der Waals surface area contributed by atoms with Gasteiger partial charge in [-0.15, -0.1) is 6.58 Å². The number of ether oxygens (including phenoxy) is 1. The van der Waals surface area contributed by atoms with E-state index in [1.54, 1.807) is 6.26 Å². The van der Waals surface area contributed by atoms with Crippen LogP contribution in [0.2, 0.25) is 0 Å². The smallest absolute Gasteiger partial charge is 0.191 e. The Kier molecular flexibility index (Phi) is 8.29. The number of rotatable bonds is 9. The van der Waals surface area contributed by atoms with Crippen LogP contribution in [0.25, 0.3) is 0 Å². The zero-order valence-corrected chi connectivity index (χ0v) is 13.8. The first-order valence-electron chi connectivity index (χ1n) is 8.34. The topological polar surface area (TPSA) is 62.0 Å². The van der Waals surface area contributed by atoms with E-state index in [0.29, 0.717) is 6.54 Å². The lowest BCUT2D eigenvalue weighted by atomic mass is 10.3. The Labute approximate surface area is 138 Å². The lowest BCUT2D eigenvalue weighted by Gasteiger charge is -2.26. The van der Waals surface area contributed by atoms with Gasteiger partial charge in [0.25, 0.3) is 0 Å². The second-order valence-electron chi connectivity index (χ2n) is 5.46. The SMILES string of the molecule is C=CCNC(=NCCCN1CCOCC1)NCCc1ccco1. The van der Waals surface area contributed by atoms with Gasteiger partial charge in [-0.25, -0.2) is 0 Å². The predicted octanol–water partition coefficient (Wildman–Crippen LogP) is 1.27. The maximum Gasteiger partial charge on any atom is 0.191 e. The Morgan fingerprint density at radius 1 is 1.35 bits per heavy atom. The molecule has 1 fully saturated rings. The number of hydrogen-bond acceptors (Lipinski definition) is 4. The minimum Gasteiger partial charge on any atom is -0.469 e. The summed E-state index contributed by atoms with van der Waals surface area (Å²) >= 11 is 0. The molecular weight excluding hydrogens is 292 g/mol. The highest BCUT2D eigenvalue weighted by Gasteiger charge is 2.09. The fourth-order valence-corrected chi connectivity index (χ4v) is 2.41. The molecule has 0 aromatic carbocycles. The molecule has 1 aliphatic rings. The molecule has 1 saturated heterocycles. The number of guanidine groups is 1. The summed E-state index contributed by atoms with van der Waals surface area (Å²) in [6, 6.07) is 3.89. The maximum atomic E-state index is 5.36.